The fourth-order valence-electron chi connectivity index (χ4n) is 0.511. The second-order valence-electron chi connectivity index (χ2n) is 1.97. The van der Waals surface area contributed by atoms with Gasteiger partial charge in [-0.2, -0.15) is 0 Å². The van der Waals surface area contributed by atoms with Crippen LogP contribution in [-0.4, -0.2) is 26.8 Å². The van der Waals surface area contributed by atoms with E-state index in [4.69, 9.17) is 10.3 Å². The average Bonchev–Trinajstić information content (AvgIpc) is 1.87. The number of carbonyl (C=O) groups excluding carboxylic acids is 1. The molecular formula is C5H11NO3S. The Balaban J connectivity index is 3.19. The van der Waals surface area contributed by atoms with Gasteiger partial charge in [0.2, 0.25) is 0 Å². The van der Waals surface area contributed by atoms with Crippen LogP contribution in [0.15, 0.2) is 0 Å². The van der Waals surface area contributed by atoms with Crippen LogP contribution >= 0.6 is 0 Å². The molecule has 10 heavy (non-hydrogen) atoms. The molecule has 0 aromatic rings. The zero-order valence-electron chi connectivity index (χ0n) is 5.53. The van der Waals surface area contributed by atoms with Gasteiger partial charge < -0.3 is 15.1 Å². The second kappa shape index (κ2) is 5.52. The Hall–Kier alpha value is -0.260. The Morgan fingerprint density at radius 2 is 2.30 bits per heavy atom. The maximum Gasteiger partial charge on any atom is 0.152 e. The van der Waals surface area contributed by atoms with E-state index in [9.17, 15) is 9.00 Å². The van der Waals surface area contributed by atoms with E-state index in [2.05, 4.69) is 0 Å². The van der Waals surface area contributed by atoms with Crippen LogP contribution in [0.4, 0.5) is 0 Å². The molecule has 0 saturated heterocycles. The van der Waals surface area contributed by atoms with Crippen molar-refractivity contribution in [2.45, 2.75) is 18.9 Å². The predicted octanol–water partition coefficient (Wildman–Crippen LogP) is -0.486. The smallest absolute Gasteiger partial charge is 0.152 e. The summed E-state index contributed by atoms with van der Waals surface area (Å²) in [6, 6.07) is -0.483. The Kier molecular flexibility index (Phi) is 5.38. The minimum atomic E-state index is -1.76. The van der Waals surface area contributed by atoms with Crippen LogP contribution in [-0.2, 0) is 15.9 Å². The third kappa shape index (κ3) is 5.87. The molecule has 0 aliphatic rings. The lowest BCUT2D eigenvalue weighted by molar-refractivity contribution is -0.109. The van der Waals surface area contributed by atoms with Crippen molar-refractivity contribution < 1.29 is 13.6 Å². The monoisotopic (exact) mass is 165 g/mol. The zero-order chi connectivity index (χ0) is 7.98. The summed E-state index contributed by atoms with van der Waals surface area (Å²) in [4.78, 5) is 9.92. The van der Waals surface area contributed by atoms with Gasteiger partial charge in [-0.05, 0) is 12.8 Å². The summed E-state index contributed by atoms with van der Waals surface area (Å²) in [6.07, 6.45) is 1.64. The molecule has 2 unspecified atom stereocenters. The van der Waals surface area contributed by atoms with E-state index in [0.717, 1.165) is 0 Å². The maximum atomic E-state index is 10.1. The molecule has 4 nitrogen and oxygen atoms in total. The van der Waals surface area contributed by atoms with Crippen molar-refractivity contribution in [3.05, 3.63) is 0 Å². The highest BCUT2D eigenvalue weighted by molar-refractivity contribution is 7.79. The van der Waals surface area contributed by atoms with Crippen molar-refractivity contribution in [1.29, 1.82) is 0 Å². The first-order valence-corrected chi connectivity index (χ1v) is 4.22. The van der Waals surface area contributed by atoms with E-state index in [1.807, 2.05) is 0 Å². The van der Waals surface area contributed by atoms with Gasteiger partial charge in [-0.3, -0.25) is 0 Å². The summed E-state index contributed by atoms with van der Waals surface area (Å²) in [7, 11) is 0. The van der Waals surface area contributed by atoms with Gasteiger partial charge in [0.05, 0.1) is 6.04 Å². The fraction of sp³-hybridized carbons (Fsp3) is 0.800. The number of nitrogens with two attached hydrogens (primary N) is 1. The van der Waals surface area contributed by atoms with Gasteiger partial charge in [0.1, 0.15) is 6.29 Å². The van der Waals surface area contributed by atoms with Crippen molar-refractivity contribution in [3.8, 4) is 0 Å². The molecule has 0 spiro atoms. The van der Waals surface area contributed by atoms with Crippen LogP contribution in [0.1, 0.15) is 12.8 Å². The predicted molar refractivity (Wildman–Crippen MR) is 38.9 cm³/mol. The molecule has 0 saturated carbocycles. The lowest BCUT2D eigenvalue weighted by Gasteiger charge is -1.99. The third-order valence-corrected chi connectivity index (χ3v) is 1.67. The molecule has 2 atom stereocenters. The van der Waals surface area contributed by atoms with Crippen molar-refractivity contribution in [1.82, 2.24) is 0 Å². The summed E-state index contributed by atoms with van der Waals surface area (Å²) < 4.78 is 18.3. The van der Waals surface area contributed by atoms with E-state index in [1.54, 1.807) is 0 Å². The van der Waals surface area contributed by atoms with Gasteiger partial charge in [-0.25, -0.2) is 4.21 Å². The van der Waals surface area contributed by atoms with Crippen LogP contribution < -0.4 is 5.73 Å². The van der Waals surface area contributed by atoms with Crippen LogP contribution in [0.3, 0.4) is 0 Å². The number of hydrogen-bond donors (Lipinski definition) is 2. The molecule has 0 fully saturated rings. The van der Waals surface area contributed by atoms with Gasteiger partial charge in [-0.15, -0.1) is 0 Å². The molecule has 3 N–H and O–H groups in total. The Bertz CT molecular complexity index is 128. The zero-order valence-corrected chi connectivity index (χ0v) is 6.34. The average molecular weight is 165 g/mol. The molecule has 0 heterocycles. The molecule has 5 heteroatoms. The third-order valence-electron chi connectivity index (χ3n) is 1.03. The van der Waals surface area contributed by atoms with E-state index >= 15 is 0 Å². The highest BCUT2D eigenvalue weighted by atomic mass is 32.2. The molecular weight excluding hydrogens is 154 g/mol. The highest BCUT2D eigenvalue weighted by Crippen LogP contribution is 1.92. The SMILES string of the molecule is NC(C=O)CCCS(=O)O. The Labute approximate surface area is 62.1 Å². The van der Waals surface area contributed by atoms with Gasteiger partial charge in [0.15, 0.2) is 11.1 Å². The molecule has 0 rings (SSSR count). The van der Waals surface area contributed by atoms with Crippen molar-refractivity contribution in [2.24, 2.45) is 5.73 Å². The largest absolute Gasteiger partial charge is 0.322 e. The lowest BCUT2D eigenvalue weighted by Crippen LogP contribution is -2.21. The first-order valence-electron chi connectivity index (χ1n) is 2.95. The minimum absolute atomic E-state index is 0.196. The summed E-state index contributed by atoms with van der Waals surface area (Å²) in [6.45, 7) is 0. The first kappa shape index (κ1) is 9.74. The van der Waals surface area contributed by atoms with Gasteiger partial charge in [-0.1, -0.05) is 0 Å². The highest BCUT2D eigenvalue weighted by Gasteiger charge is 2.00. The molecule has 0 amide bonds. The maximum absolute atomic E-state index is 10.1. The number of hydrogen-bond acceptors (Lipinski definition) is 3. The summed E-state index contributed by atoms with van der Waals surface area (Å²) in [5, 5.41) is 0. The Morgan fingerprint density at radius 1 is 1.70 bits per heavy atom. The van der Waals surface area contributed by atoms with E-state index < -0.39 is 17.1 Å². The van der Waals surface area contributed by atoms with E-state index in [0.29, 0.717) is 19.1 Å². The fourth-order valence-corrected chi connectivity index (χ4v) is 0.924. The summed E-state index contributed by atoms with van der Waals surface area (Å²) >= 11 is -1.76. The molecule has 0 aliphatic heterocycles. The molecule has 0 aromatic carbocycles. The van der Waals surface area contributed by atoms with Crippen molar-refractivity contribution >= 4 is 17.4 Å². The first-order chi connectivity index (χ1) is 4.66. The molecule has 0 radical (unpaired) electrons. The topological polar surface area (TPSA) is 80.4 Å². The van der Waals surface area contributed by atoms with Crippen LogP contribution in [0, 0.1) is 0 Å². The molecule has 0 aromatic heterocycles. The van der Waals surface area contributed by atoms with Crippen molar-refractivity contribution in [3.63, 3.8) is 0 Å². The van der Waals surface area contributed by atoms with Crippen molar-refractivity contribution in [2.75, 3.05) is 5.75 Å². The summed E-state index contributed by atoms with van der Waals surface area (Å²) in [5.74, 6) is 0.196. The van der Waals surface area contributed by atoms with Crippen LogP contribution in [0.25, 0.3) is 0 Å². The van der Waals surface area contributed by atoms with Gasteiger partial charge in [0, 0.05) is 5.75 Å². The number of rotatable bonds is 5. The normalized spacial score (nSPS) is 16.2. The van der Waals surface area contributed by atoms with Gasteiger partial charge >= 0.3 is 0 Å². The molecule has 0 aliphatic carbocycles. The number of aldehydes is 1. The molecule has 60 valence electrons. The lowest BCUT2D eigenvalue weighted by atomic mass is 10.2. The van der Waals surface area contributed by atoms with E-state index in [-0.39, 0.29) is 5.75 Å². The minimum Gasteiger partial charge on any atom is -0.322 e. The summed E-state index contributed by atoms with van der Waals surface area (Å²) in [5.41, 5.74) is 5.21. The van der Waals surface area contributed by atoms with Crippen LogP contribution in [0.5, 0.6) is 0 Å². The van der Waals surface area contributed by atoms with E-state index in [1.165, 1.54) is 0 Å². The van der Waals surface area contributed by atoms with Gasteiger partial charge in [0.25, 0.3) is 0 Å². The Morgan fingerprint density at radius 3 is 2.70 bits per heavy atom. The van der Waals surface area contributed by atoms with Crippen LogP contribution in [0.2, 0.25) is 0 Å². The second-order valence-corrected chi connectivity index (χ2v) is 3.02. The standard InChI is InChI=1S/C5H11NO3S/c6-5(4-7)2-1-3-10(8)9/h4-5H,1-3,6H2,(H,8,9). The quantitative estimate of drug-likeness (QED) is 0.425. The number of carbonyl (C=O) groups is 1. The molecule has 0 bridgehead atoms.